The van der Waals surface area contributed by atoms with Crippen LogP contribution in [0.4, 0.5) is 10.5 Å². The van der Waals surface area contributed by atoms with Crippen LogP contribution < -0.4 is 5.32 Å². The number of aromatic nitrogens is 2. The summed E-state index contributed by atoms with van der Waals surface area (Å²) in [7, 11) is 0. The van der Waals surface area contributed by atoms with Gasteiger partial charge in [0.1, 0.15) is 5.82 Å². The second-order valence-corrected chi connectivity index (χ2v) is 8.36. The van der Waals surface area contributed by atoms with Gasteiger partial charge in [0, 0.05) is 31.7 Å². The molecule has 7 heteroatoms. The van der Waals surface area contributed by atoms with Gasteiger partial charge in [0.15, 0.2) is 0 Å². The number of imidazole rings is 1. The van der Waals surface area contributed by atoms with E-state index in [0.717, 1.165) is 41.0 Å². The number of amides is 3. The van der Waals surface area contributed by atoms with Gasteiger partial charge in [-0.05, 0) is 56.5 Å². The van der Waals surface area contributed by atoms with Crippen molar-refractivity contribution in [2.75, 3.05) is 11.9 Å². The van der Waals surface area contributed by atoms with Gasteiger partial charge >= 0.3 is 6.03 Å². The molecule has 7 nitrogen and oxygen atoms in total. The zero-order valence-electron chi connectivity index (χ0n) is 18.3. The van der Waals surface area contributed by atoms with Crippen molar-refractivity contribution < 1.29 is 9.59 Å². The number of urea groups is 1. The SMILES string of the molecule is CC(=O)N(Cc1ccc(NC(=O)N2CCCC2c2nc3ccccc3[nH]2)cc1)C(C)C. The number of hydrogen-bond acceptors (Lipinski definition) is 3. The number of hydrogen-bond donors (Lipinski definition) is 2. The Morgan fingerprint density at radius 1 is 1.19 bits per heavy atom. The molecule has 3 aromatic rings. The van der Waals surface area contributed by atoms with Crippen LogP contribution >= 0.6 is 0 Å². The van der Waals surface area contributed by atoms with Crippen LogP contribution in [0, 0.1) is 0 Å². The van der Waals surface area contributed by atoms with E-state index < -0.39 is 0 Å². The first-order valence-corrected chi connectivity index (χ1v) is 10.8. The molecule has 0 saturated carbocycles. The number of nitrogens with zero attached hydrogens (tertiary/aromatic N) is 3. The number of benzene rings is 2. The van der Waals surface area contributed by atoms with Crippen LogP contribution in [0.2, 0.25) is 0 Å². The maximum atomic E-state index is 13.0. The molecule has 31 heavy (non-hydrogen) atoms. The summed E-state index contributed by atoms with van der Waals surface area (Å²) in [4.78, 5) is 36.5. The summed E-state index contributed by atoms with van der Waals surface area (Å²) >= 11 is 0. The molecule has 1 unspecified atom stereocenters. The monoisotopic (exact) mass is 419 g/mol. The average Bonchev–Trinajstić information content (AvgIpc) is 3.39. The molecular weight excluding hydrogens is 390 g/mol. The second kappa shape index (κ2) is 8.79. The molecule has 4 rings (SSSR count). The molecule has 1 atom stereocenters. The summed E-state index contributed by atoms with van der Waals surface area (Å²) in [5.41, 5.74) is 3.67. The van der Waals surface area contributed by atoms with Crippen LogP contribution in [-0.4, -0.2) is 44.3 Å². The Hall–Kier alpha value is -3.35. The van der Waals surface area contributed by atoms with E-state index >= 15 is 0 Å². The van der Waals surface area contributed by atoms with Gasteiger partial charge in [-0.15, -0.1) is 0 Å². The third-order valence-corrected chi connectivity index (χ3v) is 5.82. The van der Waals surface area contributed by atoms with E-state index in [2.05, 4.69) is 10.3 Å². The van der Waals surface area contributed by atoms with Gasteiger partial charge in [-0.2, -0.15) is 0 Å². The highest BCUT2D eigenvalue weighted by Crippen LogP contribution is 2.32. The number of H-pyrrole nitrogens is 1. The Morgan fingerprint density at radius 3 is 2.61 bits per heavy atom. The molecule has 0 bridgehead atoms. The van der Waals surface area contributed by atoms with Gasteiger partial charge < -0.3 is 20.1 Å². The van der Waals surface area contributed by atoms with Crippen molar-refractivity contribution in [2.45, 2.75) is 52.2 Å². The smallest absolute Gasteiger partial charge is 0.322 e. The van der Waals surface area contributed by atoms with Gasteiger partial charge in [-0.3, -0.25) is 4.79 Å². The van der Waals surface area contributed by atoms with Crippen LogP contribution in [0.1, 0.15) is 51.0 Å². The summed E-state index contributed by atoms with van der Waals surface area (Å²) in [5, 5.41) is 3.01. The molecule has 1 fully saturated rings. The molecular formula is C24H29N5O2. The highest BCUT2D eigenvalue weighted by Gasteiger charge is 2.32. The Kier molecular flexibility index (Phi) is 5.93. The fourth-order valence-corrected chi connectivity index (χ4v) is 4.17. The van der Waals surface area contributed by atoms with Crippen molar-refractivity contribution >= 4 is 28.7 Å². The lowest BCUT2D eigenvalue weighted by Crippen LogP contribution is -2.35. The molecule has 1 saturated heterocycles. The number of fused-ring (bicyclic) bond motifs is 1. The summed E-state index contributed by atoms with van der Waals surface area (Å²) in [6, 6.07) is 15.6. The number of rotatable bonds is 5. The molecule has 1 aliphatic heterocycles. The number of carbonyl (C=O) groups excluding carboxylic acids is 2. The van der Waals surface area contributed by atoms with Crippen molar-refractivity contribution in [3.05, 3.63) is 59.9 Å². The molecule has 3 amide bonds. The largest absolute Gasteiger partial charge is 0.340 e. The second-order valence-electron chi connectivity index (χ2n) is 8.36. The van der Waals surface area contributed by atoms with E-state index in [1.54, 1.807) is 6.92 Å². The molecule has 1 aromatic heterocycles. The van der Waals surface area contributed by atoms with E-state index in [1.165, 1.54) is 0 Å². The summed E-state index contributed by atoms with van der Waals surface area (Å²) in [6.07, 6.45) is 1.84. The molecule has 0 radical (unpaired) electrons. The first-order chi connectivity index (χ1) is 14.9. The lowest BCUT2D eigenvalue weighted by Gasteiger charge is -2.25. The van der Waals surface area contributed by atoms with Crippen LogP contribution in [0.5, 0.6) is 0 Å². The molecule has 162 valence electrons. The minimum atomic E-state index is -0.122. The predicted octanol–water partition coefficient (Wildman–Crippen LogP) is 4.69. The van der Waals surface area contributed by atoms with Crippen molar-refractivity contribution in [1.82, 2.24) is 19.8 Å². The van der Waals surface area contributed by atoms with Crippen LogP contribution in [-0.2, 0) is 11.3 Å². The number of carbonyl (C=O) groups is 2. The molecule has 2 aromatic carbocycles. The van der Waals surface area contributed by atoms with E-state index in [0.29, 0.717) is 13.1 Å². The maximum absolute atomic E-state index is 13.0. The van der Waals surface area contributed by atoms with Crippen LogP contribution in [0.25, 0.3) is 11.0 Å². The first-order valence-electron chi connectivity index (χ1n) is 10.8. The molecule has 2 N–H and O–H groups in total. The summed E-state index contributed by atoms with van der Waals surface area (Å²) in [5.74, 6) is 0.889. The third kappa shape index (κ3) is 4.55. The maximum Gasteiger partial charge on any atom is 0.322 e. The van der Waals surface area contributed by atoms with Crippen LogP contribution in [0.3, 0.4) is 0 Å². The zero-order valence-corrected chi connectivity index (χ0v) is 18.3. The summed E-state index contributed by atoms with van der Waals surface area (Å²) in [6.45, 7) is 6.85. The zero-order chi connectivity index (χ0) is 22.0. The summed E-state index contributed by atoms with van der Waals surface area (Å²) < 4.78 is 0. The number of nitrogens with one attached hydrogen (secondary N) is 2. The van der Waals surface area contributed by atoms with Gasteiger partial charge in [-0.25, -0.2) is 9.78 Å². The lowest BCUT2D eigenvalue weighted by atomic mass is 10.1. The van der Waals surface area contributed by atoms with Crippen molar-refractivity contribution in [1.29, 1.82) is 0 Å². The minimum absolute atomic E-state index is 0.0537. The molecule has 1 aliphatic rings. The Balaban J connectivity index is 1.43. The molecule has 0 spiro atoms. The number of anilines is 1. The first kappa shape index (κ1) is 20.9. The Bertz CT molecular complexity index is 1040. The standard InChI is InChI=1S/C24H29N5O2/c1-16(2)29(17(3)30)15-18-10-12-19(13-11-18)25-24(31)28-14-6-9-22(28)23-26-20-7-4-5-8-21(20)27-23/h4-5,7-8,10-13,16,22H,6,9,14-15H2,1-3H3,(H,25,31)(H,26,27). The van der Waals surface area contributed by atoms with Crippen molar-refractivity contribution in [3.8, 4) is 0 Å². The van der Waals surface area contributed by atoms with Gasteiger partial charge in [0.25, 0.3) is 0 Å². The molecule has 0 aliphatic carbocycles. The minimum Gasteiger partial charge on any atom is -0.340 e. The highest BCUT2D eigenvalue weighted by molar-refractivity contribution is 5.90. The predicted molar refractivity (Wildman–Crippen MR) is 122 cm³/mol. The van der Waals surface area contributed by atoms with E-state index in [1.807, 2.05) is 72.2 Å². The quantitative estimate of drug-likeness (QED) is 0.630. The topological polar surface area (TPSA) is 81.3 Å². The van der Waals surface area contributed by atoms with Gasteiger partial charge in [0.05, 0.1) is 17.1 Å². The lowest BCUT2D eigenvalue weighted by molar-refractivity contribution is -0.131. The number of likely N-dealkylation sites (tertiary alicyclic amines) is 1. The highest BCUT2D eigenvalue weighted by atomic mass is 16.2. The Labute approximate surface area is 182 Å². The average molecular weight is 420 g/mol. The van der Waals surface area contributed by atoms with E-state index in [4.69, 9.17) is 4.98 Å². The van der Waals surface area contributed by atoms with E-state index in [-0.39, 0.29) is 24.0 Å². The van der Waals surface area contributed by atoms with E-state index in [9.17, 15) is 9.59 Å². The fourth-order valence-electron chi connectivity index (χ4n) is 4.17. The third-order valence-electron chi connectivity index (χ3n) is 5.82. The van der Waals surface area contributed by atoms with Gasteiger partial charge in [-0.1, -0.05) is 24.3 Å². The molecule has 2 heterocycles. The fraction of sp³-hybridized carbons (Fsp3) is 0.375. The van der Waals surface area contributed by atoms with Crippen LogP contribution in [0.15, 0.2) is 48.5 Å². The normalized spacial score (nSPS) is 16.1. The number of aromatic amines is 1. The van der Waals surface area contributed by atoms with Crippen molar-refractivity contribution in [2.24, 2.45) is 0 Å². The van der Waals surface area contributed by atoms with Crippen molar-refractivity contribution in [3.63, 3.8) is 0 Å². The Morgan fingerprint density at radius 2 is 1.94 bits per heavy atom. The van der Waals surface area contributed by atoms with Gasteiger partial charge in [0.2, 0.25) is 5.91 Å². The number of para-hydroxylation sites is 2.